The van der Waals surface area contributed by atoms with Gasteiger partial charge in [-0.25, -0.2) is 9.59 Å². The van der Waals surface area contributed by atoms with Gasteiger partial charge in [0, 0.05) is 17.0 Å². The molecule has 1 N–H and O–H groups in total. The molecule has 0 bridgehead atoms. The van der Waals surface area contributed by atoms with Crippen LogP contribution in [0.2, 0.25) is 5.02 Å². The molecule has 4 rings (SSSR count). The molecule has 172 valence electrons. The lowest BCUT2D eigenvalue weighted by atomic mass is 9.97. The van der Waals surface area contributed by atoms with Gasteiger partial charge in [0.25, 0.3) is 5.60 Å². The quantitative estimate of drug-likeness (QED) is 0.499. The molecule has 1 aliphatic carbocycles. The first-order valence-corrected chi connectivity index (χ1v) is 10.2. The number of anilines is 1. The fourth-order valence-electron chi connectivity index (χ4n) is 3.82. The highest BCUT2D eigenvalue weighted by atomic mass is 35.5. The largest absolute Gasteiger partial charge is 0.522 e. The van der Waals surface area contributed by atoms with E-state index in [1.54, 1.807) is 30.3 Å². The summed E-state index contributed by atoms with van der Waals surface area (Å²) in [7, 11) is 3.98. The van der Waals surface area contributed by atoms with Crippen LogP contribution in [-0.2, 0) is 20.6 Å². The van der Waals surface area contributed by atoms with Crippen molar-refractivity contribution in [3.8, 4) is 5.75 Å². The molecule has 0 aromatic heterocycles. The van der Waals surface area contributed by atoms with Crippen molar-refractivity contribution in [3.05, 3.63) is 58.6 Å². The Bertz CT molecular complexity index is 1150. The van der Waals surface area contributed by atoms with Crippen molar-refractivity contribution in [2.24, 2.45) is 5.10 Å². The van der Waals surface area contributed by atoms with Crippen LogP contribution in [0.25, 0.3) is 0 Å². The van der Waals surface area contributed by atoms with Crippen LogP contribution in [0.1, 0.15) is 11.1 Å². The first-order valence-electron chi connectivity index (χ1n) is 9.80. The maximum absolute atomic E-state index is 13.4. The molecule has 3 amide bonds. The van der Waals surface area contributed by atoms with Gasteiger partial charge in [-0.1, -0.05) is 17.7 Å². The van der Waals surface area contributed by atoms with Crippen LogP contribution in [0, 0.1) is 0 Å². The molecule has 1 atom stereocenters. The van der Waals surface area contributed by atoms with E-state index in [-0.39, 0.29) is 24.6 Å². The number of fused-ring (bicyclic) bond motifs is 3. The van der Waals surface area contributed by atoms with Gasteiger partial charge in [0.15, 0.2) is 7.11 Å². The van der Waals surface area contributed by atoms with Gasteiger partial charge in [0.05, 0.1) is 19.9 Å². The third-order valence-electron chi connectivity index (χ3n) is 5.44. The predicted octanol–water partition coefficient (Wildman–Crippen LogP) is 3.18. The van der Waals surface area contributed by atoms with E-state index in [1.165, 1.54) is 26.4 Å². The number of amides is 3. The van der Waals surface area contributed by atoms with Gasteiger partial charge in [-0.3, -0.25) is 0 Å². The average molecular weight is 475 g/mol. The minimum absolute atomic E-state index is 0.211. The van der Waals surface area contributed by atoms with Crippen molar-refractivity contribution in [2.45, 2.75) is 12.0 Å². The molecule has 2 aliphatic rings. The number of carbonyl (C=O) groups excluding carboxylic acids is 3. The number of benzene rings is 2. The normalized spacial score (nSPS) is 18.5. The maximum Gasteiger partial charge on any atom is 0.522 e. The second-order valence-corrected chi connectivity index (χ2v) is 7.66. The number of ether oxygens (including phenoxy) is 4. The van der Waals surface area contributed by atoms with Crippen molar-refractivity contribution in [1.29, 1.82) is 0 Å². The third-order valence-corrected chi connectivity index (χ3v) is 5.67. The van der Waals surface area contributed by atoms with Gasteiger partial charge in [0.1, 0.15) is 18.2 Å². The van der Waals surface area contributed by atoms with Crippen LogP contribution in [0.5, 0.6) is 5.75 Å². The van der Waals surface area contributed by atoms with Crippen LogP contribution in [0.4, 0.5) is 15.3 Å². The number of halogens is 1. The lowest BCUT2D eigenvalue weighted by molar-refractivity contribution is -0.0304. The number of hydrogen-bond acceptors (Lipinski definition) is 7. The second-order valence-electron chi connectivity index (χ2n) is 7.22. The number of esters is 1. The van der Waals surface area contributed by atoms with Crippen LogP contribution in [0.15, 0.2) is 47.6 Å². The van der Waals surface area contributed by atoms with E-state index in [1.807, 2.05) is 0 Å². The molecule has 0 spiro atoms. The number of hydrazone groups is 1. The number of hydrogen-bond donors (Lipinski definition) is 0. The molecular weight excluding hydrogens is 454 g/mol. The van der Waals surface area contributed by atoms with Crippen molar-refractivity contribution >= 4 is 41.1 Å². The van der Waals surface area contributed by atoms with Gasteiger partial charge in [-0.05, 0) is 42.0 Å². The standard InChI is InChI=1S/C22H20ClN3O7/c1-30-16-7-5-15(6-8-16)26(21(29)32-3)20(28)25-12-33-22(19(27)31-2)11-13-10-14(23)4-9-17(13)18(22)24-25/h4-10H,11-12H2,1-3H3/p+1. The SMILES string of the molecule is COC(=O)N(C(=O)N1COC2(C(=[OH+])OC)Cc3cc(Cl)ccc3C2=N1)c1ccc(OC)cc1. The highest BCUT2D eigenvalue weighted by molar-refractivity contribution is 6.31. The highest BCUT2D eigenvalue weighted by Gasteiger charge is 2.59. The van der Waals surface area contributed by atoms with Crippen LogP contribution >= 0.6 is 11.6 Å². The Labute approximate surface area is 194 Å². The van der Waals surface area contributed by atoms with E-state index in [4.69, 9.17) is 30.5 Å². The van der Waals surface area contributed by atoms with Gasteiger partial charge in [0.2, 0.25) is 0 Å². The summed E-state index contributed by atoms with van der Waals surface area (Å²) in [6, 6.07) is 10.6. The molecule has 0 fully saturated rings. The molecule has 33 heavy (non-hydrogen) atoms. The number of nitrogens with zero attached hydrogens (tertiary/aromatic N) is 3. The number of carbonyl (C=O) groups is 2. The topological polar surface area (TPSA) is 111 Å². The number of urea groups is 1. The molecule has 2 aromatic carbocycles. The number of rotatable bonds is 3. The molecule has 1 heterocycles. The summed E-state index contributed by atoms with van der Waals surface area (Å²) >= 11 is 6.13. The van der Waals surface area contributed by atoms with E-state index in [9.17, 15) is 14.4 Å². The molecule has 1 unspecified atom stereocenters. The summed E-state index contributed by atoms with van der Waals surface area (Å²) in [5, 5.41) is 5.93. The zero-order valence-electron chi connectivity index (χ0n) is 18.1. The summed E-state index contributed by atoms with van der Waals surface area (Å²) in [4.78, 5) is 37.2. The number of methoxy groups -OCH3 is 3. The molecule has 0 radical (unpaired) electrons. The lowest BCUT2D eigenvalue weighted by Gasteiger charge is -2.33. The Kier molecular flexibility index (Phi) is 5.96. The minimum Gasteiger partial charge on any atom is -0.497 e. The first-order chi connectivity index (χ1) is 15.8. The Morgan fingerprint density at radius 1 is 1.15 bits per heavy atom. The van der Waals surface area contributed by atoms with E-state index < -0.39 is 23.7 Å². The van der Waals surface area contributed by atoms with E-state index >= 15 is 0 Å². The zero-order chi connectivity index (χ0) is 23.8. The molecule has 11 heteroatoms. The smallest absolute Gasteiger partial charge is 0.497 e. The summed E-state index contributed by atoms with van der Waals surface area (Å²) in [6.07, 6.45) is -0.699. The predicted molar refractivity (Wildman–Crippen MR) is 119 cm³/mol. The highest BCUT2D eigenvalue weighted by Crippen LogP contribution is 2.38. The van der Waals surface area contributed by atoms with Crippen LogP contribution < -0.4 is 9.64 Å². The zero-order valence-corrected chi connectivity index (χ0v) is 18.8. The maximum atomic E-state index is 13.4. The fraction of sp³-hybridized carbons (Fsp3) is 0.273. The summed E-state index contributed by atoms with van der Waals surface area (Å²) in [5.41, 5.74) is 0.491. The number of imide groups is 1. The molecule has 2 aromatic rings. The molecule has 1 aliphatic heterocycles. The van der Waals surface area contributed by atoms with Gasteiger partial charge in [-0.2, -0.15) is 15.0 Å². The van der Waals surface area contributed by atoms with Crippen molar-refractivity contribution in [1.82, 2.24) is 5.01 Å². The minimum atomic E-state index is -1.41. The Morgan fingerprint density at radius 2 is 1.88 bits per heavy atom. The second kappa shape index (κ2) is 8.72. The monoisotopic (exact) mass is 474 g/mol. The van der Waals surface area contributed by atoms with Crippen molar-refractivity contribution < 1.29 is 33.3 Å². The summed E-state index contributed by atoms with van der Waals surface area (Å²) in [5.74, 6) is 0.148. The van der Waals surface area contributed by atoms with Gasteiger partial charge < -0.3 is 23.7 Å². The summed E-state index contributed by atoms with van der Waals surface area (Å²) in [6.45, 7) is -0.360. The third kappa shape index (κ3) is 3.77. The van der Waals surface area contributed by atoms with E-state index in [0.717, 1.165) is 22.6 Å². The molecule has 10 nitrogen and oxygen atoms in total. The molecule has 0 saturated carbocycles. The van der Waals surface area contributed by atoms with Gasteiger partial charge >= 0.3 is 18.1 Å². The Hall–Kier alpha value is -3.63. The summed E-state index contributed by atoms with van der Waals surface area (Å²) < 4.78 is 21.0. The van der Waals surface area contributed by atoms with E-state index in [0.29, 0.717) is 16.3 Å². The van der Waals surface area contributed by atoms with Gasteiger partial charge in [-0.15, -0.1) is 0 Å². The fourth-order valence-corrected chi connectivity index (χ4v) is 4.01. The lowest BCUT2D eigenvalue weighted by Crippen LogP contribution is -2.56. The molecular formula is C22H21ClN3O7+. The van der Waals surface area contributed by atoms with Crippen LogP contribution in [0.3, 0.4) is 0 Å². The van der Waals surface area contributed by atoms with Crippen LogP contribution in [-0.4, -0.2) is 67.3 Å². The molecule has 0 saturated heterocycles. The van der Waals surface area contributed by atoms with Crippen molar-refractivity contribution in [3.63, 3.8) is 0 Å². The average Bonchev–Trinajstić information content (AvgIpc) is 3.17. The van der Waals surface area contributed by atoms with E-state index in [2.05, 4.69) is 5.10 Å². The first kappa shape index (κ1) is 22.6. The Balaban J connectivity index is 1.75. The van der Waals surface area contributed by atoms with Crippen molar-refractivity contribution in [2.75, 3.05) is 33.0 Å². The Morgan fingerprint density at radius 3 is 2.52 bits per heavy atom.